The molecule has 2 aromatic carbocycles. The molecule has 0 saturated carbocycles. The highest BCUT2D eigenvalue weighted by atomic mass is 35.5. The van der Waals surface area contributed by atoms with Crippen molar-refractivity contribution in [3.8, 4) is 11.1 Å². The maximum Gasteiger partial charge on any atom is 0.255 e. The molecule has 32 heavy (non-hydrogen) atoms. The van der Waals surface area contributed by atoms with Crippen LogP contribution in [0.25, 0.3) is 21.3 Å². The number of thiazole rings is 1. The number of fused-ring (bicyclic) bond motifs is 1. The summed E-state index contributed by atoms with van der Waals surface area (Å²) >= 11 is 7.78. The van der Waals surface area contributed by atoms with Crippen LogP contribution < -0.4 is 16.0 Å². The molecule has 0 spiro atoms. The minimum Gasteiger partial charge on any atom is -0.361 e. The van der Waals surface area contributed by atoms with Crippen molar-refractivity contribution in [1.29, 1.82) is 0 Å². The predicted octanol–water partition coefficient (Wildman–Crippen LogP) is 5.42. The van der Waals surface area contributed by atoms with Crippen LogP contribution in [0.1, 0.15) is 16.8 Å². The number of hydrogen-bond acceptors (Lipinski definition) is 6. The van der Waals surface area contributed by atoms with Crippen LogP contribution in [0.15, 0.2) is 54.7 Å². The Balaban J connectivity index is 1.55. The van der Waals surface area contributed by atoms with Gasteiger partial charge in [-0.25, -0.2) is 14.4 Å². The van der Waals surface area contributed by atoms with Gasteiger partial charge in [0.2, 0.25) is 0 Å². The van der Waals surface area contributed by atoms with E-state index < -0.39 is 11.7 Å². The second-order valence-electron chi connectivity index (χ2n) is 7.11. The van der Waals surface area contributed by atoms with E-state index in [0.29, 0.717) is 5.69 Å². The molecule has 3 N–H and O–H groups in total. The van der Waals surface area contributed by atoms with Crippen LogP contribution in [0.2, 0.25) is 5.15 Å². The summed E-state index contributed by atoms with van der Waals surface area (Å²) in [6.45, 7) is 1.80. The largest absolute Gasteiger partial charge is 0.361 e. The van der Waals surface area contributed by atoms with Gasteiger partial charge in [0.25, 0.3) is 5.91 Å². The van der Waals surface area contributed by atoms with Crippen LogP contribution in [-0.4, -0.2) is 36.0 Å². The second kappa shape index (κ2) is 10.0. The average molecular weight is 470 g/mol. The van der Waals surface area contributed by atoms with Crippen LogP contribution in [0.5, 0.6) is 0 Å². The van der Waals surface area contributed by atoms with Crippen molar-refractivity contribution in [3.63, 3.8) is 0 Å². The lowest BCUT2D eigenvalue weighted by Crippen LogP contribution is -2.12. The van der Waals surface area contributed by atoms with Crippen LogP contribution in [0.4, 0.5) is 15.2 Å². The van der Waals surface area contributed by atoms with Crippen molar-refractivity contribution in [3.05, 3.63) is 71.3 Å². The highest BCUT2D eigenvalue weighted by molar-refractivity contribution is 7.22. The Morgan fingerprint density at radius 2 is 2.00 bits per heavy atom. The zero-order valence-corrected chi connectivity index (χ0v) is 18.9. The second-order valence-corrected chi connectivity index (χ2v) is 8.50. The summed E-state index contributed by atoms with van der Waals surface area (Å²) in [4.78, 5) is 21.3. The molecule has 4 aromatic rings. The third kappa shape index (κ3) is 5.21. The molecule has 0 bridgehead atoms. The summed E-state index contributed by atoms with van der Waals surface area (Å²) in [6, 6.07) is 13.2. The van der Waals surface area contributed by atoms with E-state index >= 15 is 0 Å². The van der Waals surface area contributed by atoms with Crippen LogP contribution >= 0.6 is 22.9 Å². The van der Waals surface area contributed by atoms with Crippen molar-refractivity contribution >= 4 is 49.9 Å². The third-order valence-electron chi connectivity index (χ3n) is 4.78. The summed E-state index contributed by atoms with van der Waals surface area (Å²) in [5.41, 5.74) is 3.19. The Kier molecular flexibility index (Phi) is 6.94. The summed E-state index contributed by atoms with van der Waals surface area (Å²) in [5.74, 6) is -0.943. The molecule has 0 aliphatic rings. The first-order chi connectivity index (χ1) is 15.5. The van der Waals surface area contributed by atoms with E-state index in [0.717, 1.165) is 46.0 Å². The molecule has 2 heterocycles. The van der Waals surface area contributed by atoms with E-state index in [-0.39, 0.29) is 10.7 Å². The lowest BCUT2D eigenvalue weighted by atomic mass is 10.1. The maximum absolute atomic E-state index is 13.4. The van der Waals surface area contributed by atoms with Gasteiger partial charge in [-0.3, -0.25) is 4.79 Å². The van der Waals surface area contributed by atoms with Crippen molar-refractivity contribution in [1.82, 2.24) is 15.3 Å². The quantitative estimate of drug-likeness (QED) is 0.237. The normalized spacial score (nSPS) is 11.0. The van der Waals surface area contributed by atoms with Crippen molar-refractivity contribution in [2.75, 3.05) is 30.8 Å². The zero-order valence-electron chi connectivity index (χ0n) is 17.3. The zero-order chi connectivity index (χ0) is 22.5. The minimum absolute atomic E-state index is 0.158. The third-order valence-corrected chi connectivity index (χ3v) is 6.05. The van der Waals surface area contributed by atoms with Gasteiger partial charge in [0.05, 0.1) is 15.9 Å². The van der Waals surface area contributed by atoms with Gasteiger partial charge >= 0.3 is 0 Å². The lowest BCUT2D eigenvalue weighted by molar-refractivity contribution is 0.102. The Labute approximate surface area is 193 Å². The molecule has 4 rings (SSSR count). The molecule has 6 nitrogen and oxygen atoms in total. The molecule has 0 radical (unpaired) electrons. The summed E-state index contributed by atoms with van der Waals surface area (Å²) in [7, 11) is 1.93. The number of aromatic nitrogens is 2. The first kappa shape index (κ1) is 22.1. The van der Waals surface area contributed by atoms with Gasteiger partial charge in [-0.2, -0.15) is 0 Å². The number of hydrogen-bond donors (Lipinski definition) is 3. The van der Waals surface area contributed by atoms with E-state index in [1.165, 1.54) is 24.3 Å². The fourth-order valence-electron chi connectivity index (χ4n) is 3.16. The van der Waals surface area contributed by atoms with Gasteiger partial charge in [-0.1, -0.05) is 35.1 Å². The number of nitrogens with zero attached hydrogens (tertiary/aromatic N) is 2. The van der Waals surface area contributed by atoms with E-state index in [2.05, 4.69) is 25.9 Å². The van der Waals surface area contributed by atoms with Gasteiger partial charge in [0.1, 0.15) is 5.82 Å². The number of carbonyl (C=O) groups is 1. The molecule has 0 unspecified atom stereocenters. The first-order valence-electron chi connectivity index (χ1n) is 10.1. The fourth-order valence-corrected chi connectivity index (χ4v) is 4.24. The maximum atomic E-state index is 13.4. The number of nitrogens with one attached hydrogen (secondary N) is 3. The SMILES string of the molecule is CNCCCNc1nc2ccc(-c3cnc(Cl)c(NC(=O)c4cccc(F)c4)c3)cc2s1. The highest BCUT2D eigenvalue weighted by Gasteiger charge is 2.12. The molecule has 0 aliphatic heterocycles. The Morgan fingerprint density at radius 1 is 1.12 bits per heavy atom. The summed E-state index contributed by atoms with van der Waals surface area (Å²) in [6.07, 6.45) is 2.66. The number of carbonyl (C=O) groups excluding carboxylic acids is 1. The molecular weight excluding hydrogens is 449 g/mol. The minimum atomic E-state index is -0.482. The molecule has 0 saturated heterocycles. The smallest absolute Gasteiger partial charge is 0.255 e. The molecular formula is C23H21ClFN5OS. The average Bonchev–Trinajstić information content (AvgIpc) is 3.20. The van der Waals surface area contributed by atoms with Crippen molar-refractivity contribution in [2.45, 2.75) is 6.42 Å². The van der Waals surface area contributed by atoms with Gasteiger partial charge in [-0.15, -0.1) is 0 Å². The number of benzene rings is 2. The van der Waals surface area contributed by atoms with Gasteiger partial charge < -0.3 is 16.0 Å². The number of rotatable bonds is 8. The van der Waals surface area contributed by atoms with Crippen LogP contribution in [-0.2, 0) is 0 Å². The molecule has 164 valence electrons. The molecule has 0 aliphatic carbocycles. The van der Waals surface area contributed by atoms with Gasteiger partial charge in [0, 0.05) is 23.9 Å². The Bertz CT molecular complexity index is 1260. The standard InChI is InChI=1S/C23H21ClFN5OS/c1-26-8-3-9-27-23-30-18-7-6-14(12-20(18)32-23)16-11-19(21(24)28-13-16)29-22(31)15-4-2-5-17(25)10-15/h2,4-7,10-13,26H,3,8-9H2,1H3,(H,27,30)(H,29,31). The molecule has 9 heteroatoms. The molecule has 0 fully saturated rings. The van der Waals surface area contributed by atoms with Gasteiger partial charge in [-0.05, 0) is 62.0 Å². The van der Waals surface area contributed by atoms with E-state index in [1.54, 1.807) is 23.6 Å². The molecule has 0 atom stereocenters. The number of pyridine rings is 1. The first-order valence-corrected chi connectivity index (χ1v) is 11.2. The predicted molar refractivity (Wildman–Crippen MR) is 129 cm³/mol. The lowest BCUT2D eigenvalue weighted by Gasteiger charge is -2.09. The number of halogens is 2. The van der Waals surface area contributed by atoms with Gasteiger partial charge in [0.15, 0.2) is 10.3 Å². The van der Waals surface area contributed by atoms with E-state index in [1.807, 2.05) is 25.2 Å². The van der Waals surface area contributed by atoms with Crippen LogP contribution in [0, 0.1) is 5.82 Å². The summed E-state index contributed by atoms with van der Waals surface area (Å²) < 4.78 is 14.5. The van der Waals surface area contributed by atoms with E-state index in [4.69, 9.17) is 11.6 Å². The molecule has 1 amide bonds. The topological polar surface area (TPSA) is 78.9 Å². The molecule has 2 aromatic heterocycles. The summed E-state index contributed by atoms with van der Waals surface area (Å²) in [5, 5.41) is 10.2. The van der Waals surface area contributed by atoms with Crippen LogP contribution in [0.3, 0.4) is 0 Å². The Morgan fingerprint density at radius 3 is 2.81 bits per heavy atom. The monoisotopic (exact) mass is 469 g/mol. The highest BCUT2D eigenvalue weighted by Crippen LogP contribution is 2.32. The number of anilines is 2. The van der Waals surface area contributed by atoms with Crippen molar-refractivity contribution in [2.24, 2.45) is 0 Å². The Hall–Kier alpha value is -3.07. The van der Waals surface area contributed by atoms with E-state index in [9.17, 15) is 9.18 Å². The number of amides is 1. The fraction of sp³-hybridized carbons (Fsp3) is 0.174. The van der Waals surface area contributed by atoms with Crippen molar-refractivity contribution < 1.29 is 9.18 Å².